The molecular weight excluding hydrogens is 242 g/mol. The van der Waals surface area contributed by atoms with Gasteiger partial charge >= 0.3 is 0 Å². The van der Waals surface area contributed by atoms with Crippen LogP contribution in [0.25, 0.3) is 0 Å². The standard InChI is InChI=1S/C15H21NO3/c1-18-12-6-10(11(16)7-17)15(19-2)14-9-4-3-8(5-9)13(12)14/h6,8-9,11,17H,3-5,7,16H2,1-2H3. The Labute approximate surface area is 113 Å². The van der Waals surface area contributed by atoms with Gasteiger partial charge in [-0.2, -0.15) is 0 Å². The Balaban J connectivity index is 2.22. The summed E-state index contributed by atoms with van der Waals surface area (Å²) < 4.78 is 11.2. The van der Waals surface area contributed by atoms with Gasteiger partial charge in [0, 0.05) is 16.7 Å². The maximum absolute atomic E-state index is 9.33. The monoisotopic (exact) mass is 263 g/mol. The molecule has 0 radical (unpaired) electrons. The molecule has 4 nitrogen and oxygen atoms in total. The highest BCUT2D eigenvalue weighted by atomic mass is 16.5. The zero-order valence-electron chi connectivity index (χ0n) is 11.5. The molecule has 3 unspecified atom stereocenters. The average molecular weight is 263 g/mol. The van der Waals surface area contributed by atoms with Crippen LogP contribution in [-0.2, 0) is 0 Å². The lowest BCUT2D eigenvalue weighted by Crippen LogP contribution is -2.17. The summed E-state index contributed by atoms with van der Waals surface area (Å²) in [6, 6.07) is 1.52. The first-order valence-corrected chi connectivity index (χ1v) is 6.86. The van der Waals surface area contributed by atoms with Crippen LogP contribution in [0.2, 0.25) is 0 Å². The van der Waals surface area contributed by atoms with Gasteiger partial charge in [-0.05, 0) is 37.2 Å². The third-order valence-electron chi connectivity index (χ3n) is 4.62. The second-order valence-corrected chi connectivity index (χ2v) is 5.52. The van der Waals surface area contributed by atoms with Crippen molar-refractivity contribution in [2.75, 3.05) is 20.8 Å². The Bertz CT molecular complexity index is 501. The lowest BCUT2D eigenvalue weighted by Gasteiger charge is -2.25. The van der Waals surface area contributed by atoms with Gasteiger partial charge in [-0.3, -0.25) is 0 Å². The van der Waals surface area contributed by atoms with Gasteiger partial charge in [0.2, 0.25) is 0 Å². The van der Waals surface area contributed by atoms with Crippen LogP contribution < -0.4 is 15.2 Å². The van der Waals surface area contributed by atoms with Crippen LogP contribution in [-0.4, -0.2) is 25.9 Å². The van der Waals surface area contributed by atoms with Gasteiger partial charge in [0.25, 0.3) is 0 Å². The number of benzene rings is 1. The number of rotatable bonds is 4. The number of hydrogen-bond acceptors (Lipinski definition) is 4. The molecule has 0 aliphatic heterocycles. The van der Waals surface area contributed by atoms with Gasteiger partial charge in [-0.15, -0.1) is 0 Å². The molecule has 2 bridgehead atoms. The Morgan fingerprint density at radius 2 is 1.95 bits per heavy atom. The largest absolute Gasteiger partial charge is 0.496 e. The molecule has 2 aliphatic carbocycles. The molecule has 0 saturated heterocycles. The van der Waals surface area contributed by atoms with Crippen molar-refractivity contribution in [2.24, 2.45) is 5.73 Å². The molecule has 3 rings (SSSR count). The fourth-order valence-electron chi connectivity index (χ4n) is 3.80. The summed E-state index contributed by atoms with van der Waals surface area (Å²) in [5, 5.41) is 9.33. The van der Waals surface area contributed by atoms with E-state index in [1.165, 1.54) is 30.4 Å². The van der Waals surface area contributed by atoms with E-state index in [1.807, 2.05) is 6.07 Å². The summed E-state index contributed by atoms with van der Waals surface area (Å²) >= 11 is 0. The van der Waals surface area contributed by atoms with Crippen LogP contribution in [0.4, 0.5) is 0 Å². The van der Waals surface area contributed by atoms with E-state index in [0.29, 0.717) is 11.8 Å². The lowest BCUT2D eigenvalue weighted by atomic mass is 9.87. The Morgan fingerprint density at radius 3 is 2.53 bits per heavy atom. The van der Waals surface area contributed by atoms with Gasteiger partial charge in [0.05, 0.1) is 26.9 Å². The van der Waals surface area contributed by atoms with Crippen molar-refractivity contribution < 1.29 is 14.6 Å². The highest BCUT2D eigenvalue weighted by molar-refractivity contribution is 5.61. The maximum Gasteiger partial charge on any atom is 0.127 e. The molecule has 3 N–H and O–H groups in total. The summed E-state index contributed by atoms with van der Waals surface area (Å²) in [5.41, 5.74) is 9.44. The van der Waals surface area contributed by atoms with Crippen molar-refractivity contribution in [3.63, 3.8) is 0 Å². The number of ether oxygens (including phenoxy) is 2. The second-order valence-electron chi connectivity index (χ2n) is 5.52. The van der Waals surface area contributed by atoms with E-state index in [9.17, 15) is 5.11 Å². The van der Waals surface area contributed by atoms with Crippen LogP contribution in [0.5, 0.6) is 11.5 Å². The minimum Gasteiger partial charge on any atom is -0.496 e. The Morgan fingerprint density at radius 1 is 1.26 bits per heavy atom. The van der Waals surface area contributed by atoms with Gasteiger partial charge in [-0.1, -0.05) is 0 Å². The zero-order chi connectivity index (χ0) is 13.6. The van der Waals surface area contributed by atoms with Crippen molar-refractivity contribution in [1.82, 2.24) is 0 Å². The first-order chi connectivity index (χ1) is 9.21. The molecule has 0 aromatic heterocycles. The molecule has 1 aromatic rings. The van der Waals surface area contributed by atoms with E-state index in [2.05, 4.69) is 0 Å². The SMILES string of the molecule is COc1cc(C(N)CO)c(OC)c2c1C1CCC2C1. The highest BCUT2D eigenvalue weighted by Crippen LogP contribution is 2.59. The van der Waals surface area contributed by atoms with Crippen LogP contribution in [0.1, 0.15) is 53.8 Å². The minimum atomic E-state index is -0.423. The summed E-state index contributed by atoms with van der Waals surface area (Å²) in [6.45, 7) is -0.0909. The number of aliphatic hydroxyl groups is 1. The molecule has 3 atom stereocenters. The zero-order valence-corrected chi connectivity index (χ0v) is 11.5. The van der Waals surface area contributed by atoms with Gasteiger partial charge in [-0.25, -0.2) is 0 Å². The Hall–Kier alpha value is -1.26. The molecule has 0 spiro atoms. The third kappa shape index (κ3) is 1.74. The first-order valence-electron chi connectivity index (χ1n) is 6.86. The number of nitrogens with two attached hydrogens (primary N) is 1. The van der Waals surface area contributed by atoms with Crippen LogP contribution in [0.15, 0.2) is 6.07 Å². The molecule has 4 heteroatoms. The summed E-state index contributed by atoms with van der Waals surface area (Å²) in [6.07, 6.45) is 3.65. The quantitative estimate of drug-likeness (QED) is 0.872. The van der Waals surface area contributed by atoms with E-state index >= 15 is 0 Å². The Kier molecular flexibility index (Phi) is 3.15. The van der Waals surface area contributed by atoms with E-state index in [4.69, 9.17) is 15.2 Å². The topological polar surface area (TPSA) is 64.7 Å². The number of aliphatic hydroxyl groups excluding tert-OH is 1. The maximum atomic E-state index is 9.33. The predicted octanol–water partition coefficient (Wildman–Crippen LogP) is 2.06. The summed E-state index contributed by atoms with van der Waals surface area (Å²) in [7, 11) is 3.38. The minimum absolute atomic E-state index is 0.0909. The molecule has 104 valence electrons. The van der Waals surface area contributed by atoms with Crippen molar-refractivity contribution in [3.05, 3.63) is 22.8 Å². The summed E-state index contributed by atoms with van der Waals surface area (Å²) in [4.78, 5) is 0. The molecule has 2 aliphatic rings. The third-order valence-corrected chi connectivity index (χ3v) is 4.62. The number of hydrogen-bond donors (Lipinski definition) is 2. The predicted molar refractivity (Wildman–Crippen MR) is 72.9 cm³/mol. The van der Waals surface area contributed by atoms with Gasteiger partial charge in [0.15, 0.2) is 0 Å². The van der Waals surface area contributed by atoms with Crippen molar-refractivity contribution >= 4 is 0 Å². The van der Waals surface area contributed by atoms with E-state index in [0.717, 1.165) is 17.1 Å². The van der Waals surface area contributed by atoms with Crippen LogP contribution >= 0.6 is 0 Å². The molecule has 1 saturated carbocycles. The van der Waals surface area contributed by atoms with Gasteiger partial charge in [0.1, 0.15) is 11.5 Å². The molecular formula is C15H21NO3. The lowest BCUT2D eigenvalue weighted by molar-refractivity contribution is 0.263. The molecule has 19 heavy (non-hydrogen) atoms. The van der Waals surface area contributed by atoms with E-state index < -0.39 is 6.04 Å². The smallest absolute Gasteiger partial charge is 0.127 e. The fraction of sp³-hybridized carbons (Fsp3) is 0.600. The van der Waals surface area contributed by atoms with Crippen molar-refractivity contribution in [3.8, 4) is 11.5 Å². The second kappa shape index (κ2) is 4.69. The average Bonchev–Trinajstić information content (AvgIpc) is 3.06. The van der Waals surface area contributed by atoms with Crippen LogP contribution in [0, 0.1) is 0 Å². The van der Waals surface area contributed by atoms with E-state index in [-0.39, 0.29) is 6.61 Å². The van der Waals surface area contributed by atoms with E-state index in [1.54, 1.807) is 14.2 Å². The molecule has 0 amide bonds. The molecule has 1 aromatic carbocycles. The van der Waals surface area contributed by atoms with Gasteiger partial charge < -0.3 is 20.3 Å². The summed E-state index contributed by atoms with van der Waals surface area (Å²) in [5.74, 6) is 2.93. The highest BCUT2D eigenvalue weighted by Gasteiger charge is 2.42. The van der Waals surface area contributed by atoms with Crippen molar-refractivity contribution in [2.45, 2.75) is 37.1 Å². The molecule has 1 fully saturated rings. The molecule has 0 heterocycles. The normalized spacial score (nSPS) is 25.3. The van der Waals surface area contributed by atoms with Crippen LogP contribution in [0.3, 0.4) is 0 Å². The number of fused-ring (bicyclic) bond motifs is 5. The van der Waals surface area contributed by atoms with Crippen molar-refractivity contribution in [1.29, 1.82) is 0 Å². The number of methoxy groups -OCH3 is 2. The fourth-order valence-corrected chi connectivity index (χ4v) is 3.80. The first kappa shape index (κ1) is 12.8.